The number of thioether (sulfide) groups is 1. The summed E-state index contributed by atoms with van der Waals surface area (Å²) in [5.74, 6) is 0.158. The fourth-order valence-corrected chi connectivity index (χ4v) is 2.30. The van der Waals surface area contributed by atoms with Crippen molar-refractivity contribution in [2.24, 2.45) is 5.73 Å². The van der Waals surface area contributed by atoms with Gasteiger partial charge >= 0.3 is 0 Å². The van der Waals surface area contributed by atoms with Crippen LogP contribution in [0.1, 0.15) is 5.56 Å². The van der Waals surface area contributed by atoms with Gasteiger partial charge in [0.05, 0.1) is 12.3 Å². The van der Waals surface area contributed by atoms with Crippen LogP contribution in [0.4, 0.5) is 5.69 Å². The first kappa shape index (κ1) is 14.5. The summed E-state index contributed by atoms with van der Waals surface area (Å²) in [6, 6.07) is 7.64. The maximum Gasteiger partial charge on any atom is 0.234 e. The molecule has 2 aromatic rings. The molecule has 0 saturated heterocycles. The SMILES string of the molecule is Cc1ccccc1NC(=O)CSc1nnnn1CCN. The molecule has 0 radical (unpaired) electrons. The number of tetrazole rings is 1. The topological polar surface area (TPSA) is 98.7 Å². The molecule has 8 heteroatoms. The number of nitrogens with two attached hydrogens (primary N) is 1. The molecular weight excluding hydrogens is 276 g/mol. The minimum atomic E-state index is -0.0911. The summed E-state index contributed by atoms with van der Waals surface area (Å²) in [5, 5.41) is 14.7. The van der Waals surface area contributed by atoms with Crippen LogP contribution in [-0.4, -0.2) is 38.4 Å². The van der Waals surface area contributed by atoms with Crippen LogP contribution in [0.5, 0.6) is 0 Å². The Morgan fingerprint density at radius 1 is 1.45 bits per heavy atom. The Kier molecular flexibility index (Phi) is 5.08. The molecule has 0 unspecified atom stereocenters. The lowest BCUT2D eigenvalue weighted by Crippen LogP contribution is -2.16. The Bertz CT molecular complexity index is 585. The quantitative estimate of drug-likeness (QED) is 0.759. The van der Waals surface area contributed by atoms with Gasteiger partial charge in [0.1, 0.15) is 0 Å². The standard InChI is InChI=1S/C12H16N6OS/c1-9-4-2-3-5-10(9)14-11(19)8-20-12-15-16-17-18(12)7-6-13/h2-5H,6-8,13H2,1H3,(H,14,19). The Morgan fingerprint density at radius 2 is 2.25 bits per heavy atom. The van der Waals surface area contributed by atoms with Crippen LogP contribution in [0.25, 0.3) is 0 Å². The third-order valence-corrected chi connectivity index (χ3v) is 3.55. The van der Waals surface area contributed by atoms with E-state index in [9.17, 15) is 4.79 Å². The van der Waals surface area contributed by atoms with Crippen LogP contribution < -0.4 is 11.1 Å². The zero-order chi connectivity index (χ0) is 14.4. The van der Waals surface area contributed by atoms with Crippen LogP contribution in [-0.2, 0) is 11.3 Å². The molecule has 1 heterocycles. The van der Waals surface area contributed by atoms with Crippen molar-refractivity contribution in [1.29, 1.82) is 0 Å². The molecule has 2 rings (SSSR count). The second-order valence-corrected chi connectivity index (χ2v) is 5.07. The molecule has 20 heavy (non-hydrogen) atoms. The molecule has 0 aliphatic heterocycles. The summed E-state index contributed by atoms with van der Waals surface area (Å²) in [5.41, 5.74) is 7.30. The number of benzene rings is 1. The van der Waals surface area contributed by atoms with Crippen molar-refractivity contribution in [2.75, 3.05) is 17.6 Å². The number of para-hydroxylation sites is 1. The van der Waals surface area contributed by atoms with Gasteiger partial charge < -0.3 is 11.1 Å². The van der Waals surface area contributed by atoms with Gasteiger partial charge in [0.2, 0.25) is 11.1 Å². The lowest BCUT2D eigenvalue weighted by atomic mass is 10.2. The predicted molar refractivity (Wildman–Crippen MR) is 77.4 cm³/mol. The molecular formula is C12H16N6OS. The summed E-state index contributed by atoms with van der Waals surface area (Å²) in [4.78, 5) is 11.9. The first-order chi connectivity index (χ1) is 9.70. The Morgan fingerprint density at radius 3 is 3.00 bits per heavy atom. The molecule has 7 nitrogen and oxygen atoms in total. The summed E-state index contributed by atoms with van der Waals surface area (Å²) < 4.78 is 1.59. The number of nitrogens with zero attached hydrogens (tertiary/aromatic N) is 4. The van der Waals surface area contributed by atoms with Crippen molar-refractivity contribution in [3.05, 3.63) is 29.8 Å². The second-order valence-electron chi connectivity index (χ2n) is 4.13. The molecule has 1 aromatic carbocycles. The number of anilines is 1. The Balaban J connectivity index is 1.89. The minimum absolute atomic E-state index is 0.0911. The van der Waals surface area contributed by atoms with Gasteiger partial charge in [-0.05, 0) is 29.0 Å². The van der Waals surface area contributed by atoms with Crippen LogP contribution in [0.3, 0.4) is 0 Å². The lowest BCUT2D eigenvalue weighted by Gasteiger charge is -2.07. The first-order valence-corrected chi connectivity index (χ1v) is 7.14. The molecule has 1 aromatic heterocycles. The summed E-state index contributed by atoms with van der Waals surface area (Å²) in [6.45, 7) is 2.94. The molecule has 0 spiro atoms. The van der Waals surface area contributed by atoms with Gasteiger partial charge in [-0.1, -0.05) is 30.0 Å². The number of carbonyl (C=O) groups excluding carboxylic acids is 1. The maximum atomic E-state index is 11.9. The molecule has 0 fully saturated rings. The second kappa shape index (κ2) is 7.01. The van der Waals surface area contributed by atoms with Crippen LogP contribution in [0.15, 0.2) is 29.4 Å². The van der Waals surface area contributed by atoms with Gasteiger partial charge in [-0.25, -0.2) is 4.68 Å². The van der Waals surface area contributed by atoms with E-state index in [0.717, 1.165) is 11.3 Å². The molecule has 0 aliphatic carbocycles. The number of nitrogens with one attached hydrogen (secondary N) is 1. The van der Waals surface area contributed by atoms with E-state index in [-0.39, 0.29) is 11.7 Å². The van der Waals surface area contributed by atoms with Crippen molar-refractivity contribution < 1.29 is 4.79 Å². The van der Waals surface area contributed by atoms with Gasteiger partial charge in [0.15, 0.2) is 0 Å². The Labute approximate surface area is 120 Å². The highest BCUT2D eigenvalue weighted by Gasteiger charge is 2.10. The summed E-state index contributed by atoms with van der Waals surface area (Å²) >= 11 is 1.29. The number of aromatic nitrogens is 4. The smallest absolute Gasteiger partial charge is 0.234 e. The van der Waals surface area contributed by atoms with Gasteiger partial charge in [-0.15, -0.1) is 5.10 Å². The van der Waals surface area contributed by atoms with E-state index in [1.54, 1.807) is 4.68 Å². The molecule has 3 N–H and O–H groups in total. The maximum absolute atomic E-state index is 11.9. The highest BCUT2D eigenvalue weighted by Crippen LogP contribution is 2.16. The van der Waals surface area contributed by atoms with Gasteiger partial charge in [0, 0.05) is 12.2 Å². The van der Waals surface area contributed by atoms with E-state index in [0.29, 0.717) is 18.2 Å². The van der Waals surface area contributed by atoms with E-state index in [1.807, 2.05) is 31.2 Å². The summed E-state index contributed by atoms with van der Waals surface area (Å²) in [7, 11) is 0. The highest BCUT2D eigenvalue weighted by atomic mass is 32.2. The number of amides is 1. The zero-order valence-corrected chi connectivity index (χ0v) is 11.9. The van der Waals surface area contributed by atoms with Gasteiger partial charge in [-0.2, -0.15) is 0 Å². The van der Waals surface area contributed by atoms with Crippen molar-refractivity contribution in [2.45, 2.75) is 18.6 Å². The largest absolute Gasteiger partial charge is 0.329 e. The van der Waals surface area contributed by atoms with E-state index in [1.165, 1.54) is 11.8 Å². The van der Waals surface area contributed by atoms with E-state index >= 15 is 0 Å². The minimum Gasteiger partial charge on any atom is -0.329 e. The van der Waals surface area contributed by atoms with Crippen LogP contribution in [0.2, 0.25) is 0 Å². The molecule has 0 bridgehead atoms. The fourth-order valence-electron chi connectivity index (χ4n) is 1.59. The average molecular weight is 292 g/mol. The molecule has 0 atom stereocenters. The lowest BCUT2D eigenvalue weighted by molar-refractivity contribution is -0.113. The third-order valence-electron chi connectivity index (χ3n) is 2.59. The van der Waals surface area contributed by atoms with Crippen molar-refractivity contribution in [3.63, 3.8) is 0 Å². The monoisotopic (exact) mass is 292 g/mol. The van der Waals surface area contributed by atoms with Crippen LogP contribution in [0, 0.1) is 6.92 Å². The molecule has 0 saturated carbocycles. The van der Waals surface area contributed by atoms with E-state index in [2.05, 4.69) is 20.8 Å². The molecule has 106 valence electrons. The number of carbonyl (C=O) groups is 1. The third kappa shape index (κ3) is 3.78. The predicted octanol–water partition coefficient (Wildman–Crippen LogP) is 0.671. The molecule has 1 amide bonds. The van der Waals surface area contributed by atoms with Crippen molar-refractivity contribution >= 4 is 23.4 Å². The fraction of sp³-hybridized carbons (Fsp3) is 0.333. The molecule has 0 aliphatic rings. The van der Waals surface area contributed by atoms with E-state index < -0.39 is 0 Å². The first-order valence-electron chi connectivity index (χ1n) is 6.15. The highest BCUT2D eigenvalue weighted by molar-refractivity contribution is 7.99. The zero-order valence-electron chi connectivity index (χ0n) is 11.1. The van der Waals surface area contributed by atoms with Crippen molar-refractivity contribution in [1.82, 2.24) is 20.2 Å². The number of hydrogen-bond acceptors (Lipinski definition) is 6. The van der Waals surface area contributed by atoms with Crippen molar-refractivity contribution in [3.8, 4) is 0 Å². The normalized spacial score (nSPS) is 10.5. The Hall–Kier alpha value is -1.93. The van der Waals surface area contributed by atoms with Gasteiger partial charge in [0.25, 0.3) is 0 Å². The number of rotatable bonds is 6. The summed E-state index contributed by atoms with van der Waals surface area (Å²) in [6.07, 6.45) is 0. The van der Waals surface area contributed by atoms with E-state index in [4.69, 9.17) is 5.73 Å². The van der Waals surface area contributed by atoms with Crippen LogP contribution >= 0.6 is 11.8 Å². The number of aryl methyl sites for hydroxylation is 1. The average Bonchev–Trinajstić information content (AvgIpc) is 2.87. The number of hydrogen-bond donors (Lipinski definition) is 2. The van der Waals surface area contributed by atoms with Gasteiger partial charge in [-0.3, -0.25) is 4.79 Å².